The Morgan fingerprint density at radius 1 is 0.840 bits per heavy atom. The molecule has 1 aromatic carbocycles. The molecule has 0 aliphatic rings. The average molecular weight is 343 g/mol. The fourth-order valence-electron chi connectivity index (χ4n) is 1.23. The van der Waals surface area contributed by atoms with Gasteiger partial charge in [-0.2, -0.15) is 0 Å². The lowest BCUT2D eigenvalue weighted by Crippen LogP contribution is -1.65. The van der Waals surface area contributed by atoms with Crippen LogP contribution in [0.25, 0.3) is 6.08 Å². The van der Waals surface area contributed by atoms with E-state index in [1.165, 1.54) is 18.4 Å². The van der Waals surface area contributed by atoms with Crippen molar-refractivity contribution in [2.75, 3.05) is 0 Å². The zero-order valence-electron chi connectivity index (χ0n) is 17.8. The van der Waals surface area contributed by atoms with Gasteiger partial charge >= 0.3 is 0 Å². The van der Waals surface area contributed by atoms with Crippen molar-refractivity contribution in [2.45, 2.75) is 61.3 Å². The van der Waals surface area contributed by atoms with Crippen molar-refractivity contribution in [1.82, 2.24) is 0 Å². The van der Waals surface area contributed by atoms with Crippen LogP contribution < -0.4 is 0 Å². The van der Waals surface area contributed by atoms with Crippen LogP contribution in [0.4, 0.5) is 0 Å². The van der Waals surface area contributed by atoms with E-state index in [1.54, 1.807) is 12.2 Å². The Kier molecular flexibility index (Phi) is 46.6. The lowest BCUT2D eigenvalue weighted by Gasteiger charge is -1.86. The summed E-state index contributed by atoms with van der Waals surface area (Å²) < 4.78 is 0. The maximum absolute atomic E-state index is 3.46. The number of rotatable bonds is 4. The molecule has 0 heterocycles. The average Bonchev–Trinajstić information content (AvgIpc) is 2.65. The van der Waals surface area contributed by atoms with Gasteiger partial charge in [0.15, 0.2) is 0 Å². The van der Waals surface area contributed by atoms with E-state index < -0.39 is 0 Å². The molecule has 25 heavy (non-hydrogen) atoms. The molecule has 0 N–H and O–H groups in total. The predicted octanol–water partition coefficient (Wildman–Crippen LogP) is 9.05. The SMILES string of the molecule is C/C=C\CCC.C/C=C\c1ccccc1.C=C/C=C\C.C=CC.CC. The van der Waals surface area contributed by atoms with Crippen molar-refractivity contribution in [2.24, 2.45) is 0 Å². The lowest BCUT2D eigenvalue weighted by atomic mass is 10.2. The van der Waals surface area contributed by atoms with E-state index in [0.717, 1.165) is 0 Å². The summed E-state index contributed by atoms with van der Waals surface area (Å²) in [5.74, 6) is 0. The van der Waals surface area contributed by atoms with Gasteiger partial charge in [0, 0.05) is 0 Å². The van der Waals surface area contributed by atoms with Gasteiger partial charge in [-0.25, -0.2) is 0 Å². The van der Waals surface area contributed by atoms with Crippen LogP contribution in [0.5, 0.6) is 0 Å². The molecule has 0 amide bonds. The summed E-state index contributed by atoms with van der Waals surface area (Å²) in [7, 11) is 0. The standard InChI is InChI=1S/C9H10.C6H12.C5H8.C3H6.C2H6/c1-2-6-9-7-4-3-5-8-9;1-3-5-6-4-2;1-3-5-4-2;1-3-2;1-2/h2-8H,1H3;3,5H,4,6H2,1-2H3;3-5H,1H2,2H3;3H,1H2,2H3;1-2H3/b6-2-;5-3-;5-4-;;. The van der Waals surface area contributed by atoms with Gasteiger partial charge in [-0.3, -0.25) is 0 Å². The van der Waals surface area contributed by atoms with Gasteiger partial charge in [-0.15, -0.1) is 6.58 Å². The van der Waals surface area contributed by atoms with Gasteiger partial charge < -0.3 is 0 Å². The highest BCUT2D eigenvalue weighted by molar-refractivity contribution is 5.47. The van der Waals surface area contributed by atoms with Crippen LogP contribution in [0.1, 0.15) is 66.9 Å². The molecule has 142 valence electrons. The van der Waals surface area contributed by atoms with Gasteiger partial charge in [-0.1, -0.05) is 113 Å². The number of hydrogen-bond donors (Lipinski definition) is 0. The van der Waals surface area contributed by atoms with Crippen LogP contribution in [0.15, 0.2) is 86.0 Å². The van der Waals surface area contributed by atoms with E-state index in [2.05, 4.69) is 57.4 Å². The molecule has 0 aromatic heterocycles. The summed E-state index contributed by atoms with van der Waals surface area (Å²) in [4.78, 5) is 0. The van der Waals surface area contributed by atoms with Crippen LogP contribution in [0.2, 0.25) is 0 Å². The first-order valence-corrected chi connectivity index (χ1v) is 9.27. The summed E-state index contributed by atoms with van der Waals surface area (Å²) in [6, 6.07) is 10.3. The Morgan fingerprint density at radius 2 is 1.36 bits per heavy atom. The molecule has 0 radical (unpaired) electrons. The quantitative estimate of drug-likeness (QED) is 0.378. The first-order chi connectivity index (χ1) is 12.2. The Balaban J connectivity index is -0.000000122. The zero-order valence-corrected chi connectivity index (χ0v) is 17.8. The molecule has 1 aromatic rings. The first-order valence-electron chi connectivity index (χ1n) is 9.27. The first kappa shape index (κ1) is 30.8. The molecule has 0 atom stereocenters. The Hall–Kier alpha value is -2.08. The molecular formula is C25H42. The van der Waals surface area contributed by atoms with E-state index in [-0.39, 0.29) is 0 Å². The third-order valence-electron chi connectivity index (χ3n) is 2.18. The van der Waals surface area contributed by atoms with Gasteiger partial charge in [0.1, 0.15) is 0 Å². The summed E-state index contributed by atoms with van der Waals surface area (Å²) >= 11 is 0. The molecule has 1 rings (SSSR count). The molecule has 0 saturated carbocycles. The van der Waals surface area contributed by atoms with Crippen molar-refractivity contribution in [1.29, 1.82) is 0 Å². The van der Waals surface area contributed by atoms with E-state index in [1.807, 2.05) is 71.0 Å². The molecule has 0 aliphatic carbocycles. The topological polar surface area (TPSA) is 0 Å². The fraction of sp³-hybridized carbons (Fsp3) is 0.360. The van der Waals surface area contributed by atoms with Crippen LogP contribution in [0.3, 0.4) is 0 Å². The minimum atomic E-state index is 1.23. The van der Waals surface area contributed by atoms with E-state index in [4.69, 9.17) is 0 Å². The molecule has 0 heteroatoms. The highest BCUT2D eigenvalue weighted by Crippen LogP contribution is 1.99. The van der Waals surface area contributed by atoms with Gasteiger partial charge in [0.25, 0.3) is 0 Å². The predicted molar refractivity (Wildman–Crippen MR) is 123 cm³/mol. The van der Waals surface area contributed by atoms with E-state index in [9.17, 15) is 0 Å². The zero-order chi connectivity index (χ0) is 20.2. The molecule has 0 spiro atoms. The van der Waals surface area contributed by atoms with Gasteiger partial charge in [0.2, 0.25) is 0 Å². The maximum atomic E-state index is 3.46. The van der Waals surface area contributed by atoms with Crippen LogP contribution in [-0.2, 0) is 0 Å². The molecule has 0 unspecified atom stereocenters. The fourth-order valence-corrected chi connectivity index (χ4v) is 1.23. The highest BCUT2D eigenvalue weighted by Gasteiger charge is 1.77. The number of hydrogen-bond acceptors (Lipinski definition) is 0. The summed E-state index contributed by atoms with van der Waals surface area (Å²) in [6.07, 6.45) is 18.2. The van der Waals surface area contributed by atoms with E-state index >= 15 is 0 Å². The van der Waals surface area contributed by atoms with Crippen molar-refractivity contribution in [3.8, 4) is 0 Å². The second kappa shape index (κ2) is 37.9. The van der Waals surface area contributed by atoms with Crippen LogP contribution in [0, 0.1) is 0 Å². The molecular weight excluding hydrogens is 300 g/mol. The normalized spacial score (nSPS) is 8.76. The largest absolute Gasteiger partial charge is 0.103 e. The third kappa shape index (κ3) is 44.9. The second-order valence-electron chi connectivity index (χ2n) is 4.44. The van der Waals surface area contributed by atoms with Gasteiger partial charge in [-0.05, 0) is 39.7 Å². The monoisotopic (exact) mass is 342 g/mol. The van der Waals surface area contributed by atoms with Crippen LogP contribution >= 0.6 is 0 Å². The maximum Gasteiger partial charge on any atom is -0.0260 e. The summed E-state index contributed by atoms with van der Waals surface area (Å²) in [5.41, 5.74) is 1.26. The smallest absolute Gasteiger partial charge is 0.0260 e. The molecule has 0 nitrogen and oxygen atoms in total. The lowest BCUT2D eigenvalue weighted by molar-refractivity contribution is 0.957. The van der Waals surface area contributed by atoms with Crippen molar-refractivity contribution >= 4 is 6.08 Å². The Labute approximate surface area is 159 Å². The van der Waals surface area contributed by atoms with Gasteiger partial charge in [0.05, 0.1) is 0 Å². The van der Waals surface area contributed by atoms with E-state index in [0.29, 0.717) is 0 Å². The molecule has 0 aliphatic heterocycles. The third-order valence-corrected chi connectivity index (χ3v) is 2.18. The Bertz CT molecular complexity index is 405. The second-order valence-corrected chi connectivity index (χ2v) is 4.44. The van der Waals surface area contributed by atoms with Crippen molar-refractivity contribution in [3.05, 3.63) is 91.6 Å². The Morgan fingerprint density at radius 3 is 1.60 bits per heavy atom. The van der Waals surface area contributed by atoms with Crippen molar-refractivity contribution in [3.63, 3.8) is 0 Å². The number of unbranched alkanes of at least 4 members (excludes halogenated alkanes) is 1. The molecule has 0 bridgehead atoms. The minimum Gasteiger partial charge on any atom is -0.103 e. The minimum absolute atomic E-state index is 1.23. The highest BCUT2D eigenvalue weighted by atomic mass is 13.8. The number of benzene rings is 1. The van der Waals surface area contributed by atoms with Crippen LogP contribution in [-0.4, -0.2) is 0 Å². The summed E-state index contributed by atoms with van der Waals surface area (Å²) in [6.45, 7) is 20.9. The number of allylic oxidation sites excluding steroid dienone is 7. The van der Waals surface area contributed by atoms with Crippen molar-refractivity contribution < 1.29 is 0 Å². The summed E-state index contributed by atoms with van der Waals surface area (Å²) in [5, 5.41) is 0. The molecule has 0 saturated heterocycles. The molecule has 0 fully saturated rings.